The van der Waals surface area contributed by atoms with Crippen LogP contribution in [0.15, 0.2) is 41.0 Å². The number of fused-ring (bicyclic) bond motifs is 1. The molecule has 1 unspecified atom stereocenters. The van der Waals surface area contributed by atoms with Gasteiger partial charge in [-0.25, -0.2) is 0 Å². The van der Waals surface area contributed by atoms with E-state index < -0.39 is 17.9 Å². The van der Waals surface area contributed by atoms with Gasteiger partial charge in [-0.1, -0.05) is 6.07 Å². The molecule has 2 aliphatic heterocycles. The maximum atomic E-state index is 12.7. The van der Waals surface area contributed by atoms with Gasteiger partial charge in [0.25, 0.3) is 11.8 Å². The van der Waals surface area contributed by atoms with E-state index in [4.69, 9.17) is 4.42 Å². The quantitative estimate of drug-likeness (QED) is 0.809. The van der Waals surface area contributed by atoms with Gasteiger partial charge in [0.1, 0.15) is 6.04 Å². The van der Waals surface area contributed by atoms with Crippen molar-refractivity contribution in [2.24, 2.45) is 0 Å². The minimum absolute atomic E-state index is 0.169. The van der Waals surface area contributed by atoms with Crippen LogP contribution in [0.3, 0.4) is 0 Å². The summed E-state index contributed by atoms with van der Waals surface area (Å²) in [5.74, 6) is -1.31. The lowest BCUT2D eigenvalue weighted by molar-refractivity contribution is -0.136. The number of nitrogens with one attached hydrogen (secondary N) is 2. The highest BCUT2D eigenvalue weighted by Gasteiger charge is 2.39. The van der Waals surface area contributed by atoms with Crippen molar-refractivity contribution in [1.29, 1.82) is 0 Å². The third kappa shape index (κ3) is 2.75. The Hall–Kier alpha value is -3.42. The van der Waals surface area contributed by atoms with Crippen LogP contribution >= 0.6 is 0 Å². The number of nitrogens with zero attached hydrogens (tertiary/aromatic N) is 1. The van der Waals surface area contributed by atoms with Gasteiger partial charge in [-0.3, -0.25) is 24.5 Å². The van der Waals surface area contributed by atoms with E-state index in [1.54, 1.807) is 30.3 Å². The minimum atomic E-state index is -0.659. The van der Waals surface area contributed by atoms with Gasteiger partial charge in [0.15, 0.2) is 5.76 Å². The molecule has 2 N–H and O–H groups in total. The monoisotopic (exact) mass is 353 g/mol. The van der Waals surface area contributed by atoms with Crippen LogP contribution < -0.4 is 10.6 Å². The van der Waals surface area contributed by atoms with Gasteiger partial charge in [0, 0.05) is 24.2 Å². The molecular weight excluding hydrogens is 338 g/mol. The predicted octanol–water partition coefficient (Wildman–Crippen LogP) is 1.29. The number of hydrogen-bond donors (Lipinski definition) is 2. The smallest absolute Gasteiger partial charge is 0.291 e. The molecule has 0 bridgehead atoms. The number of carbonyl (C=O) groups is 4. The Morgan fingerprint density at radius 1 is 1.23 bits per heavy atom. The fraction of sp³-hybridized carbons (Fsp3) is 0.222. The number of amides is 4. The molecule has 0 radical (unpaired) electrons. The Kier molecular flexibility index (Phi) is 3.80. The third-order valence-electron chi connectivity index (χ3n) is 4.53. The largest absolute Gasteiger partial charge is 0.459 e. The normalized spacial score (nSPS) is 19.3. The number of piperidine rings is 1. The Morgan fingerprint density at radius 2 is 2.08 bits per heavy atom. The fourth-order valence-corrected chi connectivity index (χ4v) is 3.23. The molecule has 2 aromatic rings. The van der Waals surface area contributed by atoms with Crippen molar-refractivity contribution >= 4 is 29.3 Å². The second-order valence-corrected chi connectivity index (χ2v) is 6.20. The first-order chi connectivity index (χ1) is 12.5. The van der Waals surface area contributed by atoms with E-state index in [1.165, 1.54) is 11.2 Å². The second kappa shape index (κ2) is 6.14. The van der Waals surface area contributed by atoms with Gasteiger partial charge in [0.05, 0.1) is 6.26 Å². The van der Waals surface area contributed by atoms with Crippen LogP contribution in [0.5, 0.6) is 0 Å². The van der Waals surface area contributed by atoms with E-state index in [0.717, 1.165) is 5.56 Å². The minimum Gasteiger partial charge on any atom is -0.459 e. The lowest BCUT2D eigenvalue weighted by Crippen LogP contribution is -2.52. The Morgan fingerprint density at radius 3 is 2.81 bits per heavy atom. The number of benzene rings is 1. The van der Waals surface area contributed by atoms with Crippen LogP contribution in [-0.2, 0) is 16.1 Å². The van der Waals surface area contributed by atoms with Crippen molar-refractivity contribution in [2.45, 2.75) is 25.4 Å². The van der Waals surface area contributed by atoms with Gasteiger partial charge in [0.2, 0.25) is 11.8 Å². The highest BCUT2D eigenvalue weighted by molar-refractivity contribution is 6.07. The average Bonchev–Trinajstić information content (AvgIpc) is 3.24. The van der Waals surface area contributed by atoms with E-state index >= 15 is 0 Å². The molecule has 1 saturated heterocycles. The summed E-state index contributed by atoms with van der Waals surface area (Å²) >= 11 is 0. The second-order valence-electron chi connectivity index (χ2n) is 6.20. The number of imide groups is 1. The first kappa shape index (κ1) is 16.1. The fourth-order valence-electron chi connectivity index (χ4n) is 3.23. The van der Waals surface area contributed by atoms with Gasteiger partial charge in [-0.15, -0.1) is 0 Å². The van der Waals surface area contributed by atoms with Crippen molar-refractivity contribution in [3.05, 3.63) is 53.5 Å². The van der Waals surface area contributed by atoms with Crippen molar-refractivity contribution in [3.63, 3.8) is 0 Å². The molecule has 1 atom stereocenters. The summed E-state index contributed by atoms with van der Waals surface area (Å²) in [6, 6.07) is 7.52. The molecule has 0 saturated carbocycles. The molecule has 2 aliphatic rings. The molecule has 8 nitrogen and oxygen atoms in total. The van der Waals surface area contributed by atoms with E-state index in [1.807, 2.05) is 0 Å². The molecule has 4 amide bonds. The van der Waals surface area contributed by atoms with Crippen LogP contribution in [0.4, 0.5) is 5.69 Å². The molecule has 1 fully saturated rings. The molecule has 132 valence electrons. The summed E-state index contributed by atoms with van der Waals surface area (Å²) in [5.41, 5.74) is 1.67. The van der Waals surface area contributed by atoms with Crippen molar-refractivity contribution in [3.8, 4) is 0 Å². The van der Waals surface area contributed by atoms with Crippen LogP contribution in [0.25, 0.3) is 0 Å². The number of carbonyl (C=O) groups excluding carboxylic acids is 4. The Labute approximate surface area is 148 Å². The number of rotatable bonds is 3. The van der Waals surface area contributed by atoms with Crippen LogP contribution in [0, 0.1) is 0 Å². The predicted molar refractivity (Wildman–Crippen MR) is 89.1 cm³/mol. The van der Waals surface area contributed by atoms with Crippen LogP contribution in [0.2, 0.25) is 0 Å². The summed E-state index contributed by atoms with van der Waals surface area (Å²) in [7, 11) is 0. The SMILES string of the molecule is O=C1CCC(N2Cc3ccc(NC(=O)c4ccco4)cc3C2=O)C(=O)N1. The van der Waals surface area contributed by atoms with Crippen molar-refractivity contribution < 1.29 is 23.6 Å². The lowest BCUT2D eigenvalue weighted by atomic mass is 10.0. The van der Waals surface area contributed by atoms with E-state index in [9.17, 15) is 19.2 Å². The van der Waals surface area contributed by atoms with Gasteiger partial charge < -0.3 is 14.6 Å². The summed E-state index contributed by atoms with van der Waals surface area (Å²) in [5, 5.41) is 4.94. The van der Waals surface area contributed by atoms with Gasteiger partial charge >= 0.3 is 0 Å². The van der Waals surface area contributed by atoms with Crippen LogP contribution in [-0.4, -0.2) is 34.6 Å². The lowest BCUT2D eigenvalue weighted by Gasteiger charge is -2.29. The summed E-state index contributed by atoms with van der Waals surface area (Å²) < 4.78 is 5.04. The molecule has 26 heavy (non-hydrogen) atoms. The summed E-state index contributed by atoms with van der Waals surface area (Å²) in [4.78, 5) is 49.6. The molecule has 0 spiro atoms. The van der Waals surface area contributed by atoms with E-state index in [2.05, 4.69) is 10.6 Å². The Balaban J connectivity index is 1.53. The maximum Gasteiger partial charge on any atom is 0.291 e. The standard InChI is InChI=1S/C18H15N3O5/c22-15-6-5-13(16(23)20-15)21-9-10-3-4-11(8-12(10)18(21)25)19-17(24)14-2-1-7-26-14/h1-4,7-8,13H,5-6,9H2,(H,19,24)(H,20,22,23). The zero-order valence-electron chi connectivity index (χ0n) is 13.7. The Bertz CT molecular complexity index is 919. The van der Waals surface area contributed by atoms with Gasteiger partial charge in [-0.05, 0) is 36.2 Å². The molecular formula is C18H15N3O5. The average molecular weight is 353 g/mol. The van der Waals surface area contributed by atoms with Crippen molar-refractivity contribution in [1.82, 2.24) is 10.2 Å². The number of hydrogen-bond acceptors (Lipinski definition) is 5. The molecule has 1 aromatic heterocycles. The first-order valence-electron chi connectivity index (χ1n) is 8.15. The van der Waals surface area contributed by atoms with Crippen LogP contribution in [0.1, 0.15) is 39.3 Å². The molecule has 1 aromatic carbocycles. The highest BCUT2D eigenvalue weighted by atomic mass is 16.3. The molecule has 8 heteroatoms. The maximum absolute atomic E-state index is 12.7. The van der Waals surface area contributed by atoms with Gasteiger partial charge in [-0.2, -0.15) is 0 Å². The third-order valence-corrected chi connectivity index (χ3v) is 4.53. The zero-order valence-corrected chi connectivity index (χ0v) is 13.7. The molecule has 4 rings (SSSR count). The van der Waals surface area contributed by atoms with E-state index in [0.29, 0.717) is 24.2 Å². The first-order valence-corrected chi connectivity index (χ1v) is 8.15. The highest BCUT2D eigenvalue weighted by Crippen LogP contribution is 2.29. The topological polar surface area (TPSA) is 109 Å². The summed E-state index contributed by atoms with van der Waals surface area (Å²) in [6.45, 7) is 0.298. The zero-order chi connectivity index (χ0) is 18.3. The molecule has 3 heterocycles. The number of anilines is 1. The molecule has 0 aliphatic carbocycles. The van der Waals surface area contributed by atoms with Crippen molar-refractivity contribution in [2.75, 3.05) is 5.32 Å². The number of furan rings is 1. The van der Waals surface area contributed by atoms with E-state index in [-0.39, 0.29) is 24.0 Å². The summed E-state index contributed by atoms with van der Waals surface area (Å²) in [6.07, 6.45) is 1.92.